The van der Waals surface area contributed by atoms with E-state index in [-0.39, 0.29) is 0 Å². The molecule has 2 aliphatic carbocycles. The molecule has 0 N–H and O–H groups in total. The van der Waals surface area contributed by atoms with E-state index in [1.54, 1.807) is 0 Å². The third-order valence-electron chi connectivity index (χ3n) is 4.23. The lowest BCUT2D eigenvalue weighted by Crippen LogP contribution is -2.27. The molecule has 0 aromatic heterocycles. The second-order valence-corrected chi connectivity index (χ2v) is 4.42. The Morgan fingerprint density at radius 1 is 1.36 bits per heavy atom. The first-order valence-electron chi connectivity index (χ1n) is 4.74. The molecule has 2 fully saturated rings. The quantitative estimate of drug-likeness (QED) is 0.563. The van der Waals surface area contributed by atoms with Crippen LogP contribution in [0.25, 0.3) is 0 Å². The van der Waals surface area contributed by atoms with E-state index in [0.717, 1.165) is 11.8 Å². The highest BCUT2D eigenvalue weighted by atomic mass is 16.5. The summed E-state index contributed by atoms with van der Waals surface area (Å²) in [6.45, 7) is 4.78. The summed E-state index contributed by atoms with van der Waals surface area (Å²) >= 11 is 0. The first-order chi connectivity index (χ1) is 5.21. The summed E-state index contributed by atoms with van der Waals surface area (Å²) in [5.74, 6) is 1.89. The molecule has 64 valence electrons. The highest BCUT2D eigenvalue weighted by Gasteiger charge is 2.63. The molecule has 0 aliphatic heterocycles. The summed E-state index contributed by atoms with van der Waals surface area (Å²) in [5, 5.41) is 0. The van der Waals surface area contributed by atoms with Gasteiger partial charge in [0.05, 0.1) is 6.10 Å². The van der Waals surface area contributed by atoms with Gasteiger partial charge in [-0.3, -0.25) is 0 Å². The highest BCUT2D eigenvalue weighted by molar-refractivity contribution is 5.11. The molecule has 4 atom stereocenters. The van der Waals surface area contributed by atoms with Gasteiger partial charge in [-0.15, -0.1) is 0 Å². The van der Waals surface area contributed by atoms with E-state index in [0.29, 0.717) is 11.5 Å². The zero-order valence-electron chi connectivity index (χ0n) is 7.76. The van der Waals surface area contributed by atoms with Crippen molar-refractivity contribution in [3.8, 4) is 0 Å². The van der Waals surface area contributed by atoms with Crippen molar-refractivity contribution in [2.45, 2.75) is 39.2 Å². The molecule has 0 unspecified atom stereocenters. The van der Waals surface area contributed by atoms with Gasteiger partial charge in [0.2, 0.25) is 0 Å². The Bertz CT molecular complexity index is 166. The smallest absolute Gasteiger partial charge is 0.0630 e. The Hall–Kier alpha value is -0.0400. The van der Waals surface area contributed by atoms with Crippen LogP contribution in [-0.2, 0) is 4.74 Å². The zero-order valence-corrected chi connectivity index (χ0v) is 7.76. The van der Waals surface area contributed by atoms with Crippen molar-refractivity contribution in [1.82, 2.24) is 0 Å². The second kappa shape index (κ2) is 2.22. The van der Waals surface area contributed by atoms with Gasteiger partial charge in [0.15, 0.2) is 0 Å². The molecule has 0 saturated heterocycles. The molecule has 0 spiro atoms. The summed E-state index contributed by atoms with van der Waals surface area (Å²) in [6.07, 6.45) is 4.66. The van der Waals surface area contributed by atoms with Crippen molar-refractivity contribution in [2.75, 3.05) is 7.11 Å². The van der Waals surface area contributed by atoms with Crippen LogP contribution >= 0.6 is 0 Å². The molecule has 1 nitrogen and oxygen atoms in total. The Morgan fingerprint density at radius 2 is 2.09 bits per heavy atom. The van der Waals surface area contributed by atoms with Crippen LogP contribution in [0.2, 0.25) is 0 Å². The van der Waals surface area contributed by atoms with Gasteiger partial charge in [-0.1, -0.05) is 20.3 Å². The maximum absolute atomic E-state index is 5.52. The van der Waals surface area contributed by atoms with E-state index >= 15 is 0 Å². The fourth-order valence-corrected chi connectivity index (χ4v) is 3.16. The average molecular weight is 154 g/mol. The van der Waals surface area contributed by atoms with Crippen LogP contribution in [0.3, 0.4) is 0 Å². The van der Waals surface area contributed by atoms with Gasteiger partial charge in [0, 0.05) is 7.11 Å². The molecule has 2 aliphatic rings. The van der Waals surface area contributed by atoms with E-state index in [9.17, 15) is 0 Å². The number of methoxy groups -OCH3 is 1. The van der Waals surface area contributed by atoms with Crippen LogP contribution in [0.4, 0.5) is 0 Å². The number of hydrogen-bond acceptors (Lipinski definition) is 1. The summed E-state index contributed by atoms with van der Waals surface area (Å²) in [4.78, 5) is 0. The fraction of sp³-hybridized carbons (Fsp3) is 1.00. The minimum atomic E-state index is 0.549. The van der Waals surface area contributed by atoms with E-state index < -0.39 is 0 Å². The summed E-state index contributed by atoms with van der Waals surface area (Å²) < 4.78 is 5.52. The Kier molecular flexibility index (Phi) is 1.54. The Labute approximate surface area is 69.1 Å². The van der Waals surface area contributed by atoms with Gasteiger partial charge in [-0.2, -0.15) is 0 Å². The van der Waals surface area contributed by atoms with E-state index in [1.165, 1.54) is 19.3 Å². The van der Waals surface area contributed by atoms with Crippen LogP contribution in [0.5, 0.6) is 0 Å². The molecule has 2 rings (SSSR count). The van der Waals surface area contributed by atoms with Gasteiger partial charge in [0.25, 0.3) is 0 Å². The SMILES string of the molecule is CO[C@@H]1CCC[C@@H]2[C@H](C)[C@]21C. The van der Waals surface area contributed by atoms with Gasteiger partial charge in [-0.05, 0) is 30.1 Å². The van der Waals surface area contributed by atoms with E-state index in [1.807, 2.05) is 7.11 Å². The topological polar surface area (TPSA) is 9.23 Å². The monoisotopic (exact) mass is 154 g/mol. The highest BCUT2D eigenvalue weighted by Crippen LogP contribution is 2.66. The normalized spacial score (nSPS) is 55.4. The third-order valence-corrected chi connectivity index (χ3v) is 4.23. The molecule has 0 heterocycles. The molecule has 0 aromatic rings. The lowest BCUT2D eigenvalue weighted by Gasteiger charge is -2.27. The molecule has 11 heavy (non-hydrogen) atoms. The molecule has 0 bridgehead atoms. The average Bonchev–Trinajstić information content (AvgIpc) is 2.55. The zero-order chi connectivity index (χ0) is 8.06. The maximum atomic E-state index is 5.52. The number of hydrogen-bond donors (Lipinski definition) is 0. The van der Waals surface area contributed by atoms with Crippen molar-refractivity contribution in [3.63, 3.8) is 0 Å². The molecular weight excluding hydrogens is 136 g/mol. The molecule has 2 saturated carbocycles. The molecular formula is C10H18O. The van der Waals surface area contributed by atoms with E-state index in [2.05, 4.69) is 13.8 Å². The Morgan fingerprint density at radius 3 is 2.64 bits per heavy atom. The van der Waals surface area contributed by atoms with Gasteiger partial charge < -0.3 is 4.74 Å². The first kappa shape index (κ1) is 7.60. The van der Waals surface area contributed by atoms with Gasteiger partial charge >= 0.3 is 0 Å². The minimum Gasteiger partial charge on any atom is -0.381 e. The van der Waals surface area contributed by atoms with Crippen LogP contribution < -0.4 is 0 Å². The third kappa shape index (κ3) is 0.807. The largest absolute Gasteiger partial charge is 0.381 e. The standard InChI is InChI=1S/C10H18O/c1-7-8-5-4-6-9(11-3)10(7,8)2/h7-9H,4-6H2,1-3H3/t7-,8+,9+,10+/m0/s1. The summed E-state index contributed by atoms with van der Waals surface area (Å²) in [7, 11) is 1.86. The van der Waals surface area contributed by atoms with Crippen molar-refractivity contribution >= 4 is 0 Å². The summed E-state index contributed by atoms with van der Waals surface area (Å²) in [6, 6.07) is 0. The van der Waals surface area contributed by atoms with Crippen LogP contribution in [0.15, 0.2) is 0 Å². The van der Waals surface area contributed by atoms with Crippen LogP contribution in [-0.4, -0.2) is 13.2 Å². The van der Waals surface area contributed by atoms with Gasteiger partial charge in [-0.25, -0.2) is 0 Å². The second-order valence-electron chi connectivity index (χ2n) is 4.42. The number of ether oxygens (including phenoxy) is 1. The molecule has 1 heteroatoms. The molecule has 0 radical (unpaired) electrons. The lowest BCUT2D eigenvalue weighted by atomic mass is 9.87. The summed E-state index contributed by atoms with van der Waals surface area (Å²) in [5.41, 5.74) is 0.549. The van der Waals surface area contributed by atoms with Crippen LogP contribution in [0.1, 0.15) is 33.1 Å². The fourth-order valence-electron chi connectivity index (χ4n) is 3.16. The number of rotatable bonds is 1. The van der Waals surface area contributed by atoms with Gasteiger partial charge in [0.1, 0.15) is 0 Å². The predicted molar refractivity (Wildman–Crippen MR) is 45.4 cm³/mol. The maximum Gasteiger partial charge on any atom is 0.0630 e. The van der Waals surface area contributed by atoms with Crippen LogP contribution in [0, 0.1) is 17.3 Å². The van der Waals surface area contributed by atoms with Crippen molar-refractivity contribution < 1.29 is 4.74 Å². The van der Waals surface area contributed by atoms with Crippen molar-refractivity contribution in [1.29, 1.82) is 0 Å². The Balaban J connectivity index is 2.12. The molecule has 0 amide bonds. The van der Waals surface area contributed by atoms with Crippen molar-refractivity contribution in [2.24, 2.45) is 17.3 Å². The number of fused-ring (bicyclic) bond motifs is 1. The van der Waals surface area contributed by atoms with E-state index in [4.69, 9.17) is 4.74 Å². The minimum absolute atomic E-state index is 0.549. The van der Waals surface area contributed by atoms with Crippen molar-refractivity contribution in [3.05, 3.63) is 0 Å². The molecule has 0 aromatic carbocycles. The predicted octanol–water partition coefficient (Wildman–Crippen LogP) is 2.46. The lowest BCUT2D eigenvalue weighted by molar-refractivity contribution is 0.0151. The first-order valence-corrected chi connectivity index (χ1v) is 4.74.